The number of aromatic nitrogens is 5. The van der Waals surface area contributed by atoms with Gasteiger partial charge in [0.15, 0.2) is 5.82 Å². The predicted molar refractivity (Wildman–Crippen MR) is 85.5 cm³/mol. The number of nitrogens with zero attached hydrogens (tertiary/aromatic N) is 4. The van der Waals surface area contributed by atoms with Gasteiger partial charge in [-0.15, -0.1) is 0 Å². The van der Waals surface area contributed by atoms with Gasteiger partial charge in [-0.2, -0.15) is 20.1 Å². The van der Waals surface area contributed by atoms with Crippen LogP contribution in [0.1, 0.15) is 11.3 Å². The minimum atomic E-state index is -0.239. The van der Waals surface area contributed by atoms with Crippen LogP contribution in [0.15, 0.2) is 30.3 Å². The number of anilines is 2. The van der Waals surface area contributed by atoms with Crippen LogP contribution in [-0.4, -0.2) is 25.1 Å². The third-order valence-corrected chi connectivity index (χ3v) is 3.39. The Morgan fingerprint density at radius 2 is 1.70 bits per heavy atom. The van der Waals surface area contributed by atoms with E-state index in [0.29, 0.717) is 5.82 Å². The smallest absolute Gasteiger partial charge is 0.234 e. The molecule has 0 spiro atoms. The van der Waals surface area contributed by atoms with Gasteiger partial charge in [0.05, 0.1) is 0 Å². The van der Waals surface area contributed by atoms with Crippen molar-refractivity contribution in [2.24, 2.45) is 0 Å². The van der Waals surface area contributed by atoms with Crippen molar-refractivity contribution in [1.82, 2.24) is 25.1 Å². The summed E-state index contributed by atoms with van der Waals surface area (Å²) < 4.78 is 12.9. The fraction of sp³-hybridized carbons (Fsp3) is 0.143. The lowest BCUT2D eigenvalue weighted by atomic mass is 10.1. The van der Waals surface area contributed by atoms with Gasteiger partial charge in [0.25, 0.3) is 0 Å². The Morgan fingerprint density at radius 1 is 1.00 bits per heavy atom. The number of halogens is 3. The van der Waals surface area contributed by atoms with E-state index < -0.39 is 0 Å². The van der Waals surface area contributed by atoms with Gasteiger partial charge in [0.2, 0.25) is 16.5 Å². The average molecular weight is 353 g/mol. The summed E-state index contributed by atoms with van der Waals surface area (Å²) in [5.74, 6) is 0.514. The average Bonchev–Trinajstić information content (AvgIpc) is 2.93. The topological polar surface area (TPSA) is 79.4 Å². The van der Waals surface area contributed by atoms with Crippen molar-refractivity contribution in [2.45, 2.75) is 12.8 Å². The number of rotatable bonds is 5. The van der Waals surface area contributed by atoms with Gasteiger partial charge in [-0.1, -0.05) is 12.1 Å². The number of aromatic amines is 1. The highest BCUT2D eigenvalue weighted by atomic mass is 35.5. The molecular weight excluding hydrogens is 342 g/mol. The van der Waals surface area contributed by atoms with E-state index >= 15 is 0 Å². The lowest BCUT2D eigenvalue weighted by molar-refractivity contribution is 0.627. The molecule has 1 aromatic carbocycles. The van der Waals surface area contributed by atoms with Crippen LogP contribution in [0.2, 0.25) is 10.6 Å². The summed E-state index contributed by atoms with van der Waals surface area (Å²) in [4.78, 5) is 11.5. The largest absolute Gasteiger partial charge is 0.307 e. The van der Waals surface area contributed by atoms with Crippen LogP contribution in [0, 0.1) is 5.82 Å². The second-order valence-corrected chi connectivity index (χ2v) is 5.40. The molecule has 0 fully saturated rings. The molecule has 9 heteroatoms. The van der Waals surface area contributed by atoms with Crippen LogP contribution < -0.4 is 5.32 Å². The fourth-order valence-electron chi connectivity index (χ4n) is 1.98. The van der Waals surface area contributed by atoms with Crippen LogP contribution in [0.4, 0.5) is 16.2 Å². The standard InChI is InChI=1S/C14H11Cl2FN6/c15-12-19-13(16)21-14(20-12)18-11-7-10(22-23-11)6-3-8-1-4-9(17)5-2-8/h1-2,4-5,7H,3,6H2,(H2,18,19,20,21,22,23). The van der Waals surface area contributed by atoms with Crippen LogP contribution >= 0.6 is 23.2 Å². The number of hydrogen-bond donors (Lipinski definition) is 2. The van der Waals surface area contributed by atoms with Crippen LogP contribution in [0.25, 0.3) is 0 Å². The van der Waals surface area contributed by atoms with Gasteiger partial charge >= 0.3 is 0 Å². The van der Waals surface area contributed by atoms with Crippen molar-refractivity contribution in [3.05, 3.63) is 58.0 Å². The Hall–Kier alpha value is -2.25. The highest BCUT2D eigenvalue weighted by Gasteiger charge is 2.07. The van der Waals surface area contributed by atoms with Gasteiger partial charge < -0.3 is 5.32 Å². The summed E-state index contributed by atoms with van der Waals surface area (Å²) in [7, 11) is 0. The highest BCUT2D eigenvalue weighted by Crippen LogP contribution is 2.16. The van der Waals surface area contributed by atoms with Crippen LogP contribution in [-0.2, 0) is 12.8 Å². The van der Waals surface area contributed by atoms with Gasteiger partial charge in [-0.3, -0.25) is 5.10 Å². The third-order valence-electron chi connectivity index (χ3n) is 3.05. The second kappa shape index (κ2) is 6.89. The quantitative estimate of drug-likeness (QED) is 0.733. The zero-order valence-corrected chi connectivity index (χ0v) is 13.2. The number of aryl methyl sites for hydroxylation is 2. The Kier molecular flexibility index (Phi) is 4.68. The zero-order chi connectivity index (χ0) is 16.2. The molecule has 0 amide bonds. The fourth-order valence-corrected chi connectivity index (χ4v) is 2.34. The monoisotopic (exact) mass is 352 g/mol. The molecule has 6 nitrogen and oxygen atoms in total. The first-order valence-electron chi connectivity index (χ1n) is 6.71. The molecule has 0 aliphatic rings. The Labute approximate surface area is 141 Å². The number of benzene rings is 1. The van der Waals surface area contributed by atoms with Gasteiger partial charge in [-0.05, 0) is 53.7 Å². The molecule has 3 aromatic rings. The molecule has 0 saturated heterocycles. The lowest BCUT2D eigenvalue weighted by Crippen LogP contribution is -1.99. The predicted octanol–water partition coefficient (Wildman–Crippen LogP) is 3.57. The molecule has 0 saturated carbocycles. The molecule has 2 N–H and O–H groups in total. The van der Waals surface area contributed by atoms with E-state index in [4.69, 9.17) is 23.2 Å². The van der Waals surface area contributed by atoms with E-state index in [1.807, 2.05) is 6.07 Å². The minimum Gasteiger partial charge on any atom is -0.307 e. The van der Waals surface area contributed by atoms with Gasteiger partial charge in [0, 0.05) is 11.8 Å². The SMILES string of the molecule is Fc1ccc(CCc2cc(Nc3nc(Cl)nc(Cl)n3)n[nH]2)cc1. The molecule has 0 aliphatic heterocycles. The van der Waals surface area contributed by atoms with Crippen LogP contribution in [0.3, 0.4) is 0 Å². The molecule has 0 bridgehead atoms. The molecule has 0 unspecified atom stereocenters. The van der Waals surface area contributed by atoms with E-state index in [1.54, 1.807) is 12.1 Å². The summed E-state index contributed by atoms with van der Waals surface area (Å²) in [5, 5.41) is 9.92. The van der Waals surface area contributed by atoms with E-state index in [1.165, 1.54) is 12.1 Å². The van der Waals surface area contributed by atoms with Crippen molar-refractivity contribution in [1.29, 1.82) is 0 Å². The first-order chi connectivity index (χ1) is 11.1. The second-order valence-electron chi connectivity index (χ2n) is 4.73. The molecule has 0 atom stereocenters. The van der Waals surface area contributed by atoms with E-state index in [9.17, 15) is 4.39 Å². The Balaban J connectivity index is 1.62. The lowest BCUT2D eigenvalue weighted by Gasteiger charge is -2.00. The van der Waals surface area contributed by atoms with Crippen molar-refractivity contribution >= 4 is 35.0 Å². The summed E-state index contributed by atoms with van der Waals surface area (Å²) in [6, 6.07) is 8.25. The maximum atomic E-state index is 12.9. The van der Waals surface area contributed by atoms with E-state index in [0.717, 1.165) is 24.1 Å². The molecule has 2 heterocycles. The first kappa shape index (κ1) is 15.6. The molecule has 0 aliphatic carbocycles. The Bertz CT molecular complexity index is 785. The van der Waals surface area contributed by atoms with Crippen molar-refractivity contribution in [2.75, 3.05) is 5.32 Å². The molecule has 0 radical (unpaired) electrons. The third kappa shape index (κ3) is 4.37. The van der Waals surface area contributed by atoms with Crippen molar-refractivity contribution < 1.29 is 4.39 Å². The normalized spacial score (nSPS) is 10.7. The molecule has 23 heavy (non-hydrogen) atoms. The van der Waals surface area contributed by atoms with E-state index in [2.05, 4.69) is 30.5 Å². The first-order valence-corrected chi connectivity index (χ1v) is 7.47. The van der Waals surface area contributed by atoms with Gasteiger partial charge in [-0.25, -0.2) is 4.39 Å². The van der Waals surface area contributed by atoms with Crippen LogP contribution in [0.5, 0.6) is 0 Å². The Morgan fingerprint density at radius 3 is 2.39 bits per heavy atom. The summed E-state index contributed by atoms with van der Waals surface area (Å²) in [5.41, 5.74) is 1.97. The molecular formula is C14H11Cl2FN6. The summed E-state index contributed by atoms with van der Waals surface area (Å²) in [6.45, 7) is 0. The molecule has 3 rings (SSSR count). The van der Waals surface area contributed by atoms with Gasteiger partial charge in [0.1, 0.15) is 5.82 Å². The zero-order valence-electron chi connectivity index (χ0n) is 11.7. The highest BCUT2D eigenvalue weighted by molar-refractivity contribution is 6.31. The number of H-pyrrole nitrogens is 1. The maximum absolute atomic E-state index is 12.9. The number of nitrogens with one attached hydrogen (secondary N) is 2. The molecule has 118 valence electrons. The van der Waals surface area contributed by atoms with Crippen molar-refractivity contribution in [3.63, 3.8) is 0 Å². The molecule has 2 aromatic heterocycles. The van der Waals surface area contributed by atoms with E-state index in [-0.39, 0.29) is 22.3 Å². The summed E-state index contributed by atoms with van der Waals surface area (Å²) >= 11 is 11.4. The minimum absolute atomic E-state index is 0.000399. The number of hydrogen-bond acceptors (Lipinski definition) is 5. The van der Waals surface area contributed by atoms with Crippen molar-refractivity contribution in [3.8, 4) is 0 Å². The maximum Gasteiger partial charge on any atom is 0.234 e. The summed E-state index contributed by atoms with van der Waals surface area (Å²) in [6.07, 6.45) is 1.50.